The molecule has 0 fully saturated rings. The molecule has 1 amide bonds. The van der Waals surface area contributed by atoms with E-state index in [1.165, 1.54) is 23.5 Å². The third kappa shape index (κ3) is 5.05. The van der Waals surface area contributed by atoms with E-state index >= 15 is 0 Å². The number of carbonyl (C=O) groups is 1. The van der Waals surface area contributed by atoms with Crippen molar-refractivity contribution in [3.63, 3.8) is 0 Å². The molecule has 2 aromatic rings. The number of hydrogen-bond acceptors (Lipinski definition) is 6. The molecule has 1 unspecified atom stereocenters. The monoisotopic (exact) mass is 338 g/mol. The summed E-state index contributed by atoms with van der Waals surface area (Å²) in [5, 5.41) is 20.7. The number of hydrogen-bond donors (Lipinski definition) is 2. The molecule has 0 saturated carbocycles. The number of aromatic nitrogens is 2. The van der Waals surface area contributed by atoms with Crippen LogP contribution in [0.15, 0.2) is 24.3 Å². The molecule has 1 aromatic heterocycles. The van der Waals surface area contributed by atoms with E-state index in [0.717, 1.165) is 5.56 Å². The molecule has 1 aromatic carbocycles. The van der Waals surface area contributed by atoms with Gasteiger partial charge in [-0.05, 0) is 31.7 Å². The van der Waals surface area contributed by atoms with Crippen LogP contribution in [0.4, 0.5) is 4.39 Å². The Hall–Kier alpha value is -1.90. The Morgan fingerprint density at radius 2 is 2.09 bits per heavy atom. The summed E-state index contributed by atoms with van der Waals surface area (Å²) in [6, 6.07) is 5.94. The van der Waals surface area contributed by atoms with Gasteiger partial charge >= 0.3 is 0 Å². The first kappa shape index (κ1) is 17.5. The third-order valence-corrected chi connectivity index (χ3v) is 4.34. The number of nitrogens with zero attached hydrogens (tertiary/aromatic N) is 3. The van der Waals surface area contributed by atoms with Crippen molar-refractivity contribution in [1.29, 1.82) is 0 Å². The summed E-state index contributed by atoms with van der Waals surface area (Å²) in [5.74, 6) is -0.619. The zero-order chi connectivity index (χ0) is 16.8. The highest BCUT2D eigenvalue weighted by atomic mass is 32.1. The van der Waals surface area contributed by atoms with E-state index in [0.29, 0.717) is 18.1 Å². The van der Waals surface area contributed by atoms with Gasteiger partial charge in [0.15, 0.2) is 0 Å². The molecule has 0 aliphatic heterocycles. The molecule has 23 heavy (non-hydrogen) atoms. The summed E-state index contributed by atoms with van der Waals surface area (Å²) in [6.07, 6.45) is 0. The summed E-state index contributed by atoms with van der Waals surface area (Å²) in [5.41, 5.74) is 0.806. The molecule has 0 spiro atoms. The van der Waals surface area contributed by atoms with Crippen molar-refractivity contribution in [2.75, 3.05) is 13.7 Å². The van der Waals surface area contributed by atoms with Crippen LogP contribution in [0.2, 0.25) is 0 Å². The van der Waals surface area contributed by atoms with Crippen LogP contribution in [0.3, 0.4) is 0 Å². The lowest BCUT2D eigenvalue weighted by Gasteiger charge is -2.20. The number of amides is 1. The van der Waals surface area contributed by atoms with Crippen molar-refractivity contribution < 1.29 is 14.3 Å². The molecule has 124 valence electrons. The number of halogens is 1. The highest BCUT2D eigenvalue weighted by Gasteiger charge is 2.15. The van der Waals surface area contributed by atoms with E-state index < -0.39 is 0 Å². The molecule has 1 atom stereocenters. The predicted molar refractivity (Wildman–Crippen MR) is 85.5 cm³/mol. The van der Waals surface area contributed by atoms with Crippen molar-refractivity contribution >= 4 is 17.2 Å². The van der Waals surface area contributed by atoms with Crippen LogP contribution in [-0.4, -0.2) is 45.8 Å². The van der Waals surface area contributed by atoms with Gasteiger partial charge in [-0.1, -0.05) is 23.5 Å². The van der Waals surface area contributed by atoms with E-state index in [1.807, 2.05) is 18.9 Å². The minimum Gasteiger partial charge on any atom is -0.395 e. The summed E-state index contributed by atoms with van der Waals surface area (Å²) in [7, 11) is 1.87. The Morgan fingerprint density at radius 1 is 1.39 bits per heavy atom. The smallest absolute Gasteiger partial charge is 0.282 e. The maximum Gasteiger partial charge on any atom is 0.282 e. The van der Waals surface area contributed by atoms with Crippen LogP contribution in [0.1, 0.15) is 27.3 Å². The number of aliphatic hydroxyl groups is 1. The summed E-state index contributed by atoms with van der Waals surface area (Å²) in [4.78, 5) is 14.0. The van der Waals surface area contributed by atoms with Gasteiger partial charge in [-0.2, -0.15) is 0 Å². The molecule has 0 aliphatic rings. The average Bonchev–Trinajstić information content (AvgIpc) is 3.01. The van der Waals surface area contributed by atoms with E-state index in [1.54, 1.807) is 12.1 Å². The lowest BCUT2D eigenvalue weighted by Crippen LogP contribution is -2.31. The maximum atomic E-state index is 12.8. The Balaban J connectivity index is 1.89. The molecule has 6 nitrogen and oxygen atoms in total. The second-order valence-corrected chi connectivity index (χ2v) is 6.32. The van der Waals surface area contributed by atoms with Gasteiger partial charge in [-0.3, -0.25) is 9.69 Å². The third-order valence-electron chi connectivity index (χ3n) is 3.43. The van der Waals surface area contributed by atoms with Gasteiger partial charge in [0.05, 0.1) is 13.2 Å². The summed E-state index contributed by atoms with van der Waals surface area (Å²) >= 11 is 1.22. The zero-order valence-electron chi connectivity index (χ0n) is 13.0. The second-order valence-electron chi connectivity index (χ2n) is 5.26. The second kappa shape index (κ2) is 8.09. The van der Waals surface area contributed by atoms with Gasteiger partial charge in [0.25, 0.3) is 5.91 Å². The molecular formula is C15H19FN4O2S. The fourth-order valence-electron chi connectivity index (χ4n) is 1.78. The number of aliphatic hydroxyl groups excluding tert-OH is 1. The van der Waals surface area contributed by atoms with Crippen LogP contribution in [0.5, 0.6) is 0 Å². The first-order chi connectivity index (χ1) is 11.0. The highest BCUT2D eigenvalue weighted by molar-refractivity contribution is 7.13. The van der Waals surface area contributed by atoms with Crippen LogP contribution in [-0.2, 0) is 13.1 Å². The molecular weight excluding hydrogens is 319 g/mol. The van der Waals surface area contributed by atoms with Gasteiger partial charge in [0, 0.05) is 12.6 Å². The normalized spacial score (nSPS) is 12.4. The van der Waals surface area contributed by atoms with Crippen molar-refractivity contribution in [3.8, 4) is 0 Å². The Bertz CT molecular complexity index is 647. The standard InChI is InChI=1S/C15H19FN4O2S/c1-10(9-21)20(2)8-13-18-19-15(23-13)14(22)17-7-11-3-5-12(16)6-4-11/h3-6,10,21H,7-9H2,1-2H3,(H,17,22). The largest absolute Gasteiger partial charge is 0.395 e. The fourth-order valence-corrected chi connectivity index (χ4v) is 2.60. The molecule has 2 N–H and O–H groups in total. The lowest BCUT2D eigenvalue weighted by molar-refractivity contribution is 0.0950. The van der Waals surface area contributed by atoms with Gasteiger partial charge < -0.3 is 10.4 Å². The molecule has 0 saturated heterocycles. The average molecular weight is 338 g/mol. The lowest BCUT2D eigenvalue weighted by atomic mass is 10.2. The first-order valence-electron chi connectivity index (χ1n) is 7.15. The SMILES string of the molecule is CC(CO)N(C)Cc1nnc(C(=O)NCc2ccc(F)cc2)s1. The van der Waals surface area contributed by atoms with Crippen molar-refractivity contribution in [1.82, 2.24) is 20.4 Å². The highest BCUT2D eigenvalue weighted by Crippen LogP contribution is 2.13. The van der Waals surface area contributed by atoms with Crippen molar-refractivity contribution in [2.45, 2.75) is 26.1 Å². The number of rotatable bonds is 7. The number of carbonyl (C=O) groups excluding carboxylic acids is 1. The number of benzene rings is 1. The number of likely N-dealkylation sites (N-methyl/N-ethyl adjacent to an activating group) is 1. The minimum absolute atomic E-state index is 0.00894. The van der Waals surface area contributed by atoms with Crippen LogP contribution in [0, 0.1) is 5.82 Å². The van der Waals surface area contributed by atoms with Gasteiger partial charge in [-0.25, -0.2) is 4.39 Å². The molecule has 2 rings (SSSR count). The molecule has 8 heteroatoms. The molecule has 0 aliphatic carbocycles. The summed E-state index contributed by atoms with van der Waals surface area (Å²) in [6.45, 7) is 2.78. The van der Waals surface area contributed by atoms with Crippen LogP contribution in [0.25, 0.3) is 0 Å². The van der Waals surface area contributed by atoms with E-state index in [-0.39, 0.29) is 29.4 Å². The Labute approximate surface area is 138 Å². The minimum atomic E-state index is -0.310. The topological polar surface area (TPSA) is 78.3 Å². The van der Waals surface area contributed by atoms with E-state index in [4.69, 9.17) is 5.11 Å². The maximum absolute atomic E-state index is 12.8. The van der Waals surface area contributed by atoms with Crippen molar-refractivity contribution in [3.05, 3.63) is 45.7 Å². The summed E-state index contributed by atoms with van der Waals surface area (Å²) < 4.78 is 12.8. The first-order valence-corrected chi connectivity index (χ1v) is 7.97. The van der Waals surface area contributed by atoms with Crippen molar-refractivity contribution in [2.24, 2.45) is 0 Å². The fraction of sp³-hybridized carbons (Fsp3) is 0.400. The van der Waals surface area contributed by atoms with Crippen LogP contribution >= 0.6 is 11.3 Å². The zero-order valence-corrected chi connectivity index (χ0v) is 13.8. The molecule has 0 radical (unpaired) electrons. The Morgan fingerprint density at radius 3 is 2.74 bits per heavy atom. The predicted octanol–water partition coefficient (Wildman–Crippen LogP) is 1.42. The van der Waals surface area contributed by atoms with E-state index in [2.05, 4.69) is 15.5 Å². The number of nitrogens with one attached hydrogen (secondary N) is 1. The Kier molecular flexibility index (Phi) is 6.14. The van der Waals surface area contributed by atoms with Crippen LogP contribution < -0.4 is 5.32 Å². The van der Waals surface area contributed by atoms with Gasteiger partial charge in [0.1, 0.15) is 10.8 Å². The van der Waals surface area contributed by atoms with Gasteiger partial charge in [-0.15, -0.1) is 10.2 Å². The quantitative estimate of drug-likeness (QED) is 0.798. The van der Waals surface area contributed by atoms with Gasteiger partial charge in [0.2, 0.25) is 5.01 Å². The van der Waals surface area contributed by atoms with E-state index in [9.17, 15) is 9.18 Å². The molecule has 0 bridgehead atoms. The molecule has 1 heterocycles.